The van der Waals surface area contributed by atoms with Gasteiger partial charge >= 0.3 is 0 Å². The molecule has 2 unspecified atom stereocenters. The number of hydrogen-bond donors (Lipinski definition) is 1. The summed E-state index contributed by atoms with van der Waals surface area (Å²) in [5, 5.41) is 10.1. The third kappa shape index (κ3) is 4.66. The fourth-order valence-corrected chi connectivity index (χ4v) is 3.32. The van der Waals surface area contributed by atoms with Gasteiger partial charge in [-0.25, -0.2) is 0 Å². The van der Waals surface area contributed by atoms with Crippen LogP contribution in [0.1, 0.15) is 43.0 Å². The van der Waals surface area contributed by atoms with Crippen molar-refractivity contribution in [2.45, 2.75) is 45.8 Å². The summed E-state index contributed by atoms with van der Waals surface area (Å²) >= 11 is 0. The van der Waals surface area contributed by atoms with Crippen molar-refractivity contribution >= 4 is 0 Å². The smallest absolute Gasteiger partial charge is 0.0570 e. The van der Waals surface area contributed by atoms with Gasteiger partial charge < -0.3 is 5.11 Å². The molecule has 0 aromatic heterocycles. The van der Waals surface area contributed by atoms with Crippen molar-refractivity contribution < 1.29 is 5.11 Å². The van der Waals surface area contributed by atoms with Crippen LogP contribution in [0, 0.1) is 6.92 Å². The topological polar surface area (TPSA) is 23.5 Å². The van der Waals surface area contributed by atoms with Crippen LogP contribution in [0.4, 0.5) is 0 Å². The maximum Gasteiger partial charge on any atom is 0.0570 e. The molecule has 2 nitrogen and oxygen atoms in total. The molecule has 124 valence electrons. The molecule has 1 aliphatic rings. The van der Waals surface area contributed by atoms with E-state index >= 15 is 0 Å². The summed E-state index contributed by atoms with van der Waals surface area (Å²) < 4.78 is 0. The van der Waals surface area contributed by atoms with Gasteiger partial charge in [0.2, 0.25) is 0 Å². The van der Waals surface area contributed by atoms with Crippen LogP contribution in [0.5, 0.6) is 0 Å². The zero-order chi connectivity index (χ0) is 15.4. The van der Waals surface area contributed by atoms with Crippen molar-refractivity contribution in [3.05, 3.63) is 71.3 Å². The molecule has 2 aromatic carbocycles. The second kappa shape index (κ2) is 8.28. The average molecular weight is 311 g/mol. The maximum atomic E-state index is 10.1. The largest absolute Gasteiger partial charge is 0.393 e. The van der Waals surface area contributed by atoms with Gasteiger partial charge in [-0.2, -0.15) is 0 Å². The van der Waals surface area contributed by atoms with Crippen LogP contribution in [0.3, 0.4) is 0 Å². The predicted molar refractivity (Wildman–Crippen MR) is 97.6 cm³/mol. The minimum Gasteiger partial charge on any atom is -0.393 e. The number of rotatable bonds is 4. The third-order valence-corrected chi connectivity index (χ3v) is 4.68. The van der Waals surface area contributed by atoms with Gasteiger partial charge in [-0.3, -0.25) is 4.90 Å². The number of aliphatic hydroxyl groups is 1. The van der Waals surface area contributed by atoms with Gasteiger partial charge in [-0.15, -0.1) is 0 Å². The molecule has 0 saturated carbocycles. The highest BCUT2D eigenvalue weighted by Crippen LogP contribution is 2.31. The van der Waals surface area contributed by atoms with E-state index < -0.39 is 0 Å². The SMILES string of the molecule is C.Cc1ccc(C2CC(O)CCN2CCc2ccccc2)cc1. The normalized spacial score (nSPS) is 21.7. The molecule has 2 aromatic rings. The van der Waals surface area contributed by atoms with Gasteiger partial charge in [0.1, 0.15) is 0 Å². The van der Waals surface area contributed by atoms with Gasteiger partial charge in [0.25, 0.3) is 0 Å². The van der Waals surface area contributed by atoms with Crippen LogP contribution in [-0.2, 0) is 6.42 Å². The Kier molecular flexibility index (Phi) is 6.37. The Morgan fingerprint density at radius 3 is 2.43 bits per heavy atom. The first-order chi connectivity index (χ1) is 10.7. The minimum atomic E-state index is -0.167. The number of aryl methyl sites for hydroxylation is 1. The van der Waals surface area contributed by atoms with E-state index in [0.717, 1.165) is 32.4 Å². The molecule has 1 saturated heterocycles. The second-order valence-electron chi connectivity index (χ2n) is 6.38. The number of piperidine rings is 1. The van der Waals surface area contributed by atoms with Crippen LogP contribution in [-0.4, -0.2) is 29.2 Å². The van der Waals surface area contributed by atoms with E-state index in [1.54, 1.807) is 0 Å². The van der Waals surface area contributed by atoms with Crippen LogP contribution < -0.4 is 0 Å². The summed E-state index contributed by atoms with van der Waals surface area (Å²) in [5.41, 5.74) is 4.00. The standard InChI is InChI=1S/C20H25NO.CH4/c1-16-7-9-18(10-8-16)20-15-19(22)12-14-21(20)13-11-17-5-3-2-4-6-17;/h2-10,19-20,22H,11-15H2,1H3;1H4. The third-order valence-electron chi connectivity index (χ3n) is 4.68. The molecule has 3 rings (SSSR count). The zero-order valence-corrected chi connectivity index (χ0v) is 13.3. The molecule has 0 amide bonds. The number of aliphatic hydroxyl groups excluding tert-OH is 1. The lowest BCUT2D eigenvalue weighted by molar-refractivity contribution is 0.0414. The molecule has 0 spiro atoms. The highest BCUT2D eigenvalue weighted by molar-refractivity contribution is 5.25. The van der Waals surface area contributed by atoms with E-state index in [9.17, 15) is 5.11 Å². The summed E-state index contributed by atoms with van der Waals surface area (Å²) in [6, 6.07) is 19.8. The fourth-order valence-electron chi connectivity index (χ4n) is 3.32. The van der Waals surface area contributed by atoms with Crippen molar-refractivity contribution in [1.82, 2.24) is 4.90 Å². The predicted octanol–water partition coefficient (Wildman–Crippen LogP) is 4.37. The lowest BCUT2D eigenvalue weighted by Crippen LogP contribution is -2.39. The monoisotopic (exact) mass is 311 g/mol. The first kappa shape index (κ1) is 17.7. The summed E-state index contributed by atoms with van der Waals surface area (Å²) in [5.74, 6) is 0. The van der Waals surface area contributed by atoms with E-state index in [0.29, 0.717) is 6.04 Å². The van der Waals surface area contributed by atoms with Crippen LogP contribution in [0.15, 0.2) is 54.6 Å². The molecule has 1 fully saturated rings. The molecule has 0 bridgehead atoms. The van der Waals surface area contributed by atoms with Crippen molar-refractivity contribution in [2.75, 3.05) is 13.1 Å². The molecule has 0 aliphatic carbocycles. The van der Waals surface area contributed by atoms with E-state index in [-0.39, 0.29) is 13.5 Å². The molecule has 1 N–H and O–H groups in total. The Morgan fingerprint density at radius 2 is 1.74 bits per heavy atom. The van der Waals surface area contributed by atoms with Gasteiger partial charge in [-0.05, 0) is 37.3 Å². The quantitative estimate of drug-likeness (QED) is 0.906. The van der Waals surface area contributed by atoms with Crippen molar-refractivity contribution in [3.8, 4) is 0 Å². The zero-order valence-electron chi connectivity index (χ0n) is 13.3. The summed E-state index contributed by atoms with van der Waals surface area (Å²) in [6.07, 6.45) is 2.63. The first-order valence-electron chi connectivity index (χ1n) is 8.25. The van der Waals surface area contributed by atoms with Crippen molar-refractivity contribution in [1.29, 1.82) is 0 Å². The van der Waals surface area contributed by atoms with Gasteiger partial charge in [0.05, 0.1) is 6.10 Å². The van der Waals surface area contributed by atoms with E-state index in [2.05, 4.69) is 66.4 Å². The van der Waals surface area contributed by atoms with Crippen molar-refractivity contribution in [3.63, 3.8) is 0 Å². The molecule has 1 aliphatic heterocycles. The molecular weight excluding hydrogens is 282 g/mol. The van der Waals surface area contributed by atoms with E-state index in [4.69, 9.17) is 0 Å². The van der Waals surface area contributed by atoms with E-state index in [1.807, 2.05) is 0 Å². The van der Waals surface area contributed by atoms with Gasteiger partial charge in [0, 0.05) is 19.1 Å². The Morgan fingerprint density at radius 1 is 1.04 bits per heavy atom. The Labute approximate surface area is 140 Å². The summed E-state index contributed by atoms with van der Waals surface area (Å²) in [7, 11) is 0. The molecule has 2 atom stereocenters. The fraction of sp³-hybridized carbons (Fsp3) is 0.429. The number of benzene rings is 2. The van der Waals surface area contributed by atoms with Crippen LogP contribution in [0.2, 0.25) is 0 Å². The second-order valence-corrected chi connectivity index (χ2v) is 6.38. The van der Waals surface area contributed by atoms with Crippen LogP contribution >= 0.6 is 0 Å². The Bertz CT molecular complexity index is 579. The lowest BCUT2D eigenvalue weighted by Gasteiger charge is -2.38. The maximum absolute atomic E-state index is 10.1. The lowest BCUT2D eigenvalue weighted by atomic mass is 9.92. The number of nitrogens with zero attached hydrogens (tertiary/aromatic N) is 1. The molecule has 1 heterocycles. The summed E-state index contributed by atoms with van der Waals surface area (Å²) in [4.78, 5) is 2.53. The molecule has 0 radical (unpaired) electrons. The molecular formula is C21H29NO. The number of hydrogen-bond acceptors (Lipinski definition) is 2. The minimum absolute atomic E-state index is 0. The number of likely N-dealkylation sites (tertiary alicyclic amines) is 1. The van der Waals surface area contributed by atoms with Gasteiger partial charge in [-0.1, -0.05) is 67.6 Å². The highest BCUT2D eigenvalue weighted by Gasteiger charge is 2.28. The Balaban J connectivity index is 0.00000192. The van der Waals surface area contributed by atoms with Crippen LogP contribution in [0.25, 0.3) is 0 Å². The molecule has 23 heavy (non-hydrogen) atoms. The van der Waals surface area contributed by atoms with Crippen molar-refractivity contribution in [2.24, 2.45) is 0 Å². The Hall–Kier alpha value is -1.64. The molecule has 2 heteroatoms. The van der Waals surface area contributed by atoms with E-state index in [1.165, 1.54) is 16.7 Å². The summed E-state index contributed by atoms with van der Waals surface area (Å²) in [6.45, 7) is 4.15. The highest BCUT2D eigenvalue weighted by atomic mass is 16.3. The first-order valence-corrected chi connectivity index (χ1v) is 8.25. The van der Waals surface area contributed by atoms with Gasteiger partial charge in [0.15, 0.2) is 0 Å². The average Bonchev–Trinajstić information content (AvgIpc) is 2.55.